The SMILES string of the molecule is CCOc1nc(NC2CC(O)C2(C)C)ccc1N. The van der Waals surface area contributed by atoms with Crippen LogP contribution in [-0.4, -0.2) is 28.8 Å². The first-order valence-electron chi connectivity index (χ1n) is 6.29. The zero-order valence-corrected chi connectivity index (χ0v) is 11.1. The van der Waals surface area contributed by atoms with E-state index in [1.165, 1.54) is 0 Å². The Morgan fingerprint density at radius 3 is 2.83 bits per heavy atom. The molecular weight excluding hydrogens is 230 g/mol. The fourth-order valence-electron chi connectivity index (χ4n) is 2.11. The fraction of sp³-hybridized carbons (Fsp3) is 0.615. The molecule has 2 rings (SSSR count). The van der Waals surface area contributed by atoms with E-state index in [0.717, 1.165) is 12.2 Å². The van der Waals surface area contributed by atoms with Crippen LogP contribution in [0.2, 0.25) is 0 Å². The molecule has 1 fully saturated rings. The lowest BCUT2D eigenvalue weighted by Gasteiger charge is -2.49. The van der Waals surface area contributed by atoms with Gasteiger partial charge in [0.2, 0.25) is 5.88 Å². The van der Waals surface area contributed by atoms with E-state index in [9.17, 15) is 5.11 Å². The fourth-order valence-corrected chi connectivity index (χ4v) is 2.11. The lowest BCUT2D eigenvalue weighted by molar-refractivity contribution is -0.0511. The second-order valence-corrected chi connectivity index (χ2v) is 5.29. The number of rotatable bonds is 4. The topological polar surface area (TPSA) is 80.4 Å². The zero-order valence-electron chi connectivity index (χ0n) is 11.1. The number of hydrogen-bond donors (Lipinski definition) is 3. The molecular formula is C13H21N3O2. The van der Waals surface area contributed by atoms with Gasteiger partial charge in [0.05, 0.1) is 18.4 Å². The molecule has 2 atom stereocenters. The number of nitrogen functional groups attached to an aromatic ring is 1. The summed E-state index contributed by atoms with van der Waals surface area (Å²) in [4.78, 5) is 4.33. The Labute approximate surface area is 107 Å². The number of anilines is 2. The zero-order chi connectivity index (χ0) is 13.3. The quantitative estimate of drug-likeness (QED) is 0.758. The van der Waals surface area contributed by atoms with Gasteiger partial charge in [0, 0.05) is 11.5 Å². The van der Waals surface area contributed by atoms with Crippen molar-refractivity contribution < 1.29 is 9.84 Å². The lowest BCUT2D eigenvalue weighted by atomic mass is 9.64. The number of nitrogens with zero attached hydrogens (tertiary/aromatic N) is 1. The van der Waals surface area contributed by atoms with Crippen LogP contribution in [0.4, 0.5) is 11.5 Å². The second-order valence-electron chi connectivity index (χ2n) is 5.29. The highest BCUT2D eigenvalue weighted by atomic mass is 16.5. The van der Waals surface area contributed by atoms with Crippen molar-refractivity contribution in [3.05, 3.63) is 12.1 Å². The number of pyridine rings is 1. The van der Waals surface area contributed by atoms with Crippen LogP contribution in [0.3, 0.4) is 0 Å². The third-order valence-corrected chi connectivity index (χ3v) is 3.71. The van der Waals surface area contributed by atoms with Gasteiger partial charge in [0.1, 0.15) is 5.82 Å². The van der Waals surface area contributed by atoms with Crippen molar-refractivity contribution in [3.63, 3.8) is 0 Å². The summed E-state index contributed by atoms with van der Waals surface area (Å²) in [6.45, 7) is 6.51. The van der Waals surface area contributed by atoms with E-state index in [0.29, 0.717) is 18.2 Å². The molecule has 5 nitrogen and oxygen atoms in total. The van der Waals surface area contributed by atoms with Crippen molar-refractivity contribution in [2.45, 2.75) is 39.3 Å². The Balaban J connectivity index is 2.09. The summed E-state index contributed by atoms with van der Waals surface area (Å²) in [5.41, 5.74) is 6.18. The van der Waals surface area contributed by atoms with E-state index in [-0.39, 0.29) is 17.6 Å². The summed E-state index contributed by atoms with van der Waals surface area (Å²) in [6, 6.07) is 3.83. The number of nitrogens with two attached hydrogens (primary N) is 1. The molecule has 2 unspecified atom stereocenters. The molecule has 0 bridgehead atoms. The maximum Gasteiger partial charge on any atom is 0.239 e. The van der Waals surface area contributed by atoms with Crippen molar-refractivity contribution in [2.24, 2.45) is 5.41 Å². The molecule has 0 spiro atoms. The predicted octanol–water partition coefficient (Wildman–Crippen LogP) is 1.63. The van der Waals surface area contributed by atoms with Crippen LogP contribution < -0.4 is 15.8 Å². The summed E-state index contributed by atoms with van der Waals surface area (Å²) in [6.07, 6.45) is 0.485. The van der Waals surface area contributed by atoms with Crippen molar-refractivity contribution in [1.82, 2.24) is 4.98 Å². The van der Waals surface area contributed by atoms with Crippen LogP contribution in [0, 0.1) is 5.41 Å². The smallest absolute Gasteiger partial charge is 0.239 e. The minimum Gasteiger partial charge on any atom is -0.476 e. The molecule has 0 amide bonds. The van der Waals surface area contributed by atoms with Gasteiger partial charge in [-0.1, -0.05) is 13.8 Å². The van der Waals surface area contributed by atoms with E-state index < -0.39 is 0 Å². The number of ether oxygens (including phenoxy) is 1. The molecule has 4 N–H and O–H groups in total. The Morgan fingerprint density at radius 1 is 1.56 bits per heavy atom. The van der Waals surface area contributed by atoms with Gasteiger partial charge >= 0.3 is 0 Å². The van der Waals surface area contributed by atoms with Gasteiger partial charge in [0.15, 0.2) is 0 Å². The van der Waals surface area contributed by atoms with E-state index in [2.05, 4.69) is 10.3 Å². The van der Waals surface area contributed by atoms with Gasteiger partial charge in [-0.3, -0.25) is 0 Å². The molecule has 0 radical (unpaired) electrons. The molecule has 1 aliphatic rings. The molecule has 0 aromatic carbocycles. The van der Waals surface area contributed by atoms with Crippen LogP contribution in [0.5, 0.6) is 5.88 Å². The summed E-state index contributed by atoms with van der Waals surface area (Å²) in [5, 5.41) is 13.0. The summed E-state index contributed by atoms with van der Waals surface area (Å²) < 4.78 is 5.36. The van der Waals surface area contributed by atoms with Gasteiger partial charge in [0.25, 0.3) is 0 Å². The van der Waals surface area contributed by atoms with Gasteiger partial charge in [-0.2, -0.15) is 4.98 Å². The van der Waals surface area contributed by atoms with Gasteiger partial charge in [-0.15, -0.1) is 0 Å². The maximum atomic E-state index is 9.70. The second kappa shape index (κ2) is 4.65. The molecule has 1 saturated carbocycles. The summed E-state index contributed by atoms with van der Waals surface area (Å²) in [5.74, 6) is 1.19. The average Bonchev–Trinajstić information content (AvgIpc) is 2.33. The molecule has 1 aromatic heterocycles. The van der Waals surface area contributed by atoms with E-state index in [1.54, 1.807) is 6.07 Å². The van der Waals surface area contributed by atoms with E-state index in [4.69, 9.17) is 10.5 Å². The van der Waals surface area contributed by atoms with Crippen LogP contribution in [-0.2, 0) is 0 Å². The average molecular weight is 251 g/mol. The number of aliphatic hydroxyl groups excluding tert-OH is 1. The lowest BCUT2D eigenvalue weighted by Crippen LogP contribution is -2.57. The number of hydrogen-bond acceptors (Lipinski definition) is 5. The molecule has 1 heterocycles. The maximum absolute atomic E-state index is 9.70. The van der Waals surface area contributed by atoms with Gasteiger partial charge in [-0.05, 0) is 25.5 Å². The molecule has 1 aromatic rings. The van der Waals surface area contributed by atoms with Crippen LogP contribution in [0.1, 0.15) is 27.2 Å². The largest absolute Gasteiger partial charge is 0.476 e. The highest BCUT2D eigenvalue weighted by Crippen LogP contribution is 2.42. The third kappa shape index (κ3) is 2.22. The van der Waals surface area contributed by atoms with Gasteiger partial charge in [-0.25, -0.2) is 0 Å². The van der Waals surface area contributed by atoms with Crippen LogP contribution >= 0.6 is 0 Å². The molecule has 100 valence electrons. The predicted molar refractivity (Wildman–Crippen MR) is 71.6 cm³/mol. The van der Waals surface area contributed by atoms with Crippen LogP contribution in [0.15, 0.2) is 12.1 Å². The van der Waals surface area contributed by atoms with Crippen molar-refractivity contribution >= 4 is 11.5 Å². The third-order valence-electron chi connectivity index (χ3n) is 3.71. The Hall–Kier alpha value is -1.49. The molecule has 18 heavy (non-hydrogen) atoms. The summed E-state index contributed by atoms with van der Waals surface area (Å²) >= 11 is 0. The first-order chi connectivity index (χ1) is 8.45. The number of aromatic nitrogens is 1. The number of aliphatic hydroxyl groups is 1. The Bertz CT molecular complexity index is 434. The van der Waals surface area contributed by atoms with E-state index in [1.807, 2.05) is 26.8 Å². The molecule has 0 aliphatic heterocycles. The highest BCUT2D eigenvalue weighted by molar-refractivity contribution is 5.54. The minimum atomic E-state index is -0.254. The van der Waals surface area contributed by atoms with Crippen LogP contribution in [0.25, 0.3) is 0 Å². The normalized spacial score (nSPS) is 25.3. The first kappa shape index (κ1) is 13.0. The number of nitrogens with one attached hydrogen (secondary N) is 1. The highest BCUT2D eigenvalue weighted by Gasteiger charge is 2.47. The standard InChI is InChI=1S/C13H21N3O2/c1-4-18-12-8(14)5-6-11(16-12)15-9-7-10(17)13(9,2)3/h5-6,9-10,17H,4,7,14H2,1-3H3,(H,15,16). The summed E-state index contributed by atoms with van der Waals surface area (Å²) in [7, 11) is 0. The van der Waals surface area contributed by atoms with E-state index >= 15 is 0 Å². The first-order valence-corrected chi connectivity index (χ1v) is 6.29. The molecule has 5 heteroatoms. The molecule has 1 aliphatic carbocycles. The van der Waals surface area contributed by atoms with Crippen molar-refractivity contribution in [3.8, 4) is 5.88 Å². The van der Waals surface area contributed by atoms with Gasteiger partial charge < -0.3 is 20.9 Å². The molecule has 0 saturated heterocycles. The van der Waals surface area contributed by atoms with Crippen molar-refractivity contribution in [1.29, 1.82) is 0 Å². The van der Waals surface area contributed by atoms with Crippen molar-refractivity contribution in [2.75, 3.05) is 17.7 Å². The Kier molecular flexibility index (Phi) is 3.34. The monoisotopic (exact) mass is 251 g/mol. The Morgan fingerprint density at radius 2 is 2.28 bits per heavy atom. The minimum absolute atomic E-state index is 0.130.